The van der Waals surface area contributed by atoms with Gasteiger partial charge in [-0.05, 0) is 44.4 Å². The fourth-order valence-corrected chi connectivity index (χ4v) is 2.98. The van der Waals surface area contributed by atoms with E-state index in [2.05, 4.69) is 10.5 Å². The van der Waals surface area contributed by atoms with Crippen LogP contribution in [0, 0.1) is 13.8 Å². The van der Waals surface area contributed by atoms with Gasteiger partial charge in [-0.1, -0.05) is 11.2 Å². The van der Waals surface area contributed by atoms with Gasteiger partial charge in [-0.2, -0.15) is 0 Å². The number of nitrogens with one attached hydrogen (secondary N) is 1. The molecule has 1 atom stereocenters. The Hall–Kier alpha value is -2.05. The van der Waals surface area contributed by atoms with E-state index in [-0.39, 0.29) is 0 Å². The topological polar surface area (TPSA) is 65.8 Å². The van der Waals surface area contributed by atoms with E-state index in [1.54, 1.807) is 7.11 Å². The second-order valence-electron chi connectivity index (χ2n) is 6.34. The lowest BCUT2D eigenvalue weighted by Gasteiger charge is -2.14. The number of ether oxygens (including phenoxy) is 3. The van der Waals surface area contributed by atoms with Gasteiger partial charge < -0.3 is 24.1 Å². The smallest absolute Gasteiger partial charge is 0.161 e. The Balaban J connectivity index is 1.57. The third-order valence-corrected chi connectivity index (χ3v) is 4.51. The minimum atomic E-state index is 0.347. The molecule has 0 amide bonds. The minimum absolute atomic E-state index is 0.347. The first-order valence-corrected chi connectivity index (χ1v) is 8.71. The molecule has 1 aromatic heterocycles. The second-order valence-corrected chi connectivity index (χ2v) is 6.34. The summed E-state index contributed by atoms with van der Waals surface area (Å²) in [6, 6.07) is 6.00. The van der Waals surface area contributed by atoms with Crippen LogP contribution in [0.4, 0.5) is 0 Å². The highest BCUT2D eigenvalue weighted by molar-refractivity contribution is 5.43. The molecule has 1 fully saturated rings. The Kier molecular flexibility index (Phi) is 5.94. The highest BCUT2D eigenvalue weighted by atomic mass is 16.5. The van der Waals surface area contributed by atoms with Crippen molar-refractivity contribution < 1.29 is 18.7 Å². The molecule has 25 heavy (non-hydrogen) atoms. The van der Waals surface area contributed by atoms with Crippen molar-refractivity contribution in [1.29, 1.82) is 0 Å². The monoisotopic (exact) mass is 346 g/mol. The second kappa shape index (κ2) is 8.36. The summed E-state index contributed by atoms with van der Waals surface area (Å²) in [4.78, 5) is 0. The number of benzene rings is 1. The van der Waals surface area contributed by atoms with Gasteiger partial charge in [0.2, 0.25) is 0 Å². The Bertz CT molecular complexity index is 673. The van der Waals surface area contributed by atoms with Crippen molar-refractivity contribution >= 4 is 0 Å². The molecule has 0 bridgehead atoms. The molecular formula is C19H26N2O4. The normalized spacial score (nSPS) is 17.0. The maximum absolute atomic E-state index is 5.91. The number of rotatable bonds is 8. The summed E-state index contributed by atoms with van der Waals surface area (Å²) >= 11 is 0. The van der Waals surface area contributed by atoms with Crippen LogP contribution in [0.5, 0.6) is 11.5 Å². The van der Waals surface area contributed by atoms with Gasteiger partial charge in [-0.15, -0.1) is 0 Å². The molecule has 0 aliphatic carbocycles. The maximum Gasteiger partial charge on any atom is 0.161 e. The molecular weight excluding hydrogens is 320 g/mol. The van der Waals surface area contributed by atoms with Crippen LogP contribution in [0.2, 0.25) is 0 Å². The minimum Gasteiger partial charge on any atom is -0.493 e. The summed E-state index contributed by atoms with van der Waals surface area (Å²) < 4.78 is 22.2. The number of methoxy groups -OCH3 is 1. The van der Waals surface area contributed by atoms with Gasteiger partial charge in [0.25, 0.3) is 0 Å². The summed E-state index contributed by atoms with van der Waals surface area (Å²) in [6.45, 7) is 6.76. The van der Waals surface area contributed by atoms with E-state index in [1.807, 2.05) is 32.0 Å². The van der Waals surface area contributed by atoms with E-state index in [0.717, 1.165) is 60.9 Å². The zero-order valence-electron chi connectivity index (χ0n) is 15.1. The first kappa shape index (κ1) is 17.8. The van der Waals surface area contributed by atoms with Gasteiger partial charge >= 0.3 is 0 Å². The molecule has 6 nitrogen and oxygen atoms in total. The number of hydrogen-bond acceptors (Lipinski definition) is 6. The van der Waals surface area contributed by atoms with Crippen molar-refractivity contribution in [3.8, 4) is 11.5 Å². The van der Waals surface area contributed by atoms with Gasteiger partial charge in [0.1, 0.15) is 12.4 Å². The molecule has 2 heterocycles. The van der Waals surface area contributed by atoms with Crippen LogP contribution in [-0.4, -0.2) is 31.5 Å². The fraction of sp³-hybridized carbons (Fsp3) is 0.526. The van der Waals surface area contributed by atoms with Crippen LogP contribution in [0.25, 0.3) is 0 Å². The van der Waals surface area contributed by atoms with E-state index >= 15 is 0 Å². The predicted octanol–water partition coefficient (Wildman–Crippen LogP) is 3.15. The van der Waals surface area contributed by atoms with E-state index in [9.17, 15) is 0 Å². The zero-order valence-corrected chi connectivity index (χ0v) is 15.1. The van der Waals surface area contributed by atoms with Crippen molar-refractivity contribution in [3.63, 3.8) is 0 Å². The lowest BCUT2D eigenvalue weighted by Crippen LogP contribution is -2.25. The van der Waals surface area contributed by atoms with Crippen LogP contribution in [-0.2, 0) is 17.9 Å². The fourth-order valence-electron chi connectivity index (χ4n) is 2.98. The summed E-state index contributed by atoms with van der Waals surface area (Å²) in [5.74, 6) is 2.22. The number of aromatic nitrogens is 1. The van der Waals surface area contributed by atoms with Crippen LogP contribution >= 0.6 is 0 Å². The third kappa shape index (κ3) is 4.52. The summed E-state index contributed by atoms with van der Waals surface area (Å²) in [7, 11) is 1.65. The maximum atomic E-state index is 5.91. The van der Waals surface area contributed by atoms with E-state index < -0.39 is 0 Å². The first-order chi connectivity index (χ1) is 12.2. The van der Waals surface area contributed by atoms with Crippen LogP contribution in [0.15, 0.2) is 22.7 Å². The van der Waals surface area contributed by atoms with Gasteiger partial charge in [0.15, 0.2) is 11.5 Å². The lowest BCUT2D eigenvalue weighted by molar-refractivity contribution is 0.110. The predicted molar refractivity (Wildman–Crippen MR) is 94.0 cm³/mol. The molecule has 1 aromatic carbocycles. The van der Waals surface area contributed by atoms with Crippen molar-refractivity contribution in [2.45, 2.75) is 45.9 Å². The van der Waals surface area contributed by atoms with Crippen molar-refractivity contribution in [1.82, 2.24) is 10.5 Å². The van der Waals surface area contributed by atoms with Crippen LogP contribution < -0.4 is 14.8 Å². The molecule has 3 rings (SSSR count). The van der Waals surface area contributed by atoms with Crippen molar-refractivity contribution in [3.05, 3.63) is 40.8 Å². The van der Waals surface area contributed by atoms with Crippen LogP contribution in [0.1, 0.15) is 35.4 Å². The van der Waals surface area contributed by atoms with Gasteiger partial charge in [0.05, 0.1) is 24.5 Å². The van der Waals surface area contributed by atoms with Gasteiger partial charge in [0, 0.05) is 19.7 Å². The average Bonchev–Trinajstić information content (AvgIpc) is 3.24. The van der Waals surface area contributed by atoms with E-state index in [1.165, 1.54) is 0 Å². The molecule has 1 saturated heterocycles. The van der Waals surface area contributed by atoms with E-state index in [4.69, 9.17) is 18.7 Å². The summed E-state index contributed by atoms with van der Waals surface area (Å²) in [6.07, 6.45) is 2.65. The first-order valence-electron chi connectivity index (χ1n) is 8.71. The largest absolute Gasteiger partial charge is 0.493 e. The molecule has 1 aliphatic rings. The number of nitrogens with zero attached hydrogens (tertiary/aromatic N) is 1. The highest BCUT2D eigenvalue weighted by Gasteiger charge is 2.15. The number of aryl methyl sites for hydroxylation is 2. The molecule has 1 unspecified atom stereocenters. The molecule has 0 saturated carbocycles. The molecule has 1 N–H and O–H groups in total. The zero-order chi connectivity index (χ0) is 17.6. The Morgan fingerprint density at radius 3 is 2.84 bits per heavy atom. The quantitative estimate of drug-likeness (QED) is 0.792. The Labute approximate surface area is 148 Å². The van der Waals surface area contributed by atoms with Gasteiger partial charge in [-0.25, -0.2) is 0 Å². The lowest BCUT2D eigenvalue weighted by atomic mass is 10.2. The van der Waals surface area contributed by atoms with Crippen molar-refractivity contribution in [2.24, 2.45) is 0 Å². The molecule has 6 heteroatoms. The molecule has 0 radical (unpaired) electrons. The molecule has 2 aromatic rings. The molecule has 0 spiro atoms. The molecule has 136 valence electrons. The number of hydrogen-bond donors (Lipinski definition) is 1. The van der Waals surface area contributed by atoms with Crippen LogP contribution in [0.3, 0.4) is 0 Å². The third-order valence-electron chi connectivity index (χ3n) is 4.51. The highest BCUT2D eigenvalue weighted by Crippen LogP contribution is 2.29. The summed E-state index contributed by atoms with van der Waals surface area (Å²) in [5, 5.41) is 7.39. The molecule has 1 aliphatic heterocycles. The Morgan fingerprint density at radius 2 is 2.16 bits per heavy atom. The SMILES string of the molecule is COc1cc(CNCC2CCCO2)ccc1OCc1c(C)noc1C. The average molecular weight is 346 g/mol. The van der Waals surface area contributed by atoms with E-state index in [0.29, 0.717) is 18.5 Å². The standard InChI is InChI=1S/C19H26N2O4/c1-13-17(14(2)25-21-13)12-24-18-7-6-15(9-19(18)22-3)10-20-11-16-5-4-8-23-16/h6-7,9,16,20H,4-5,8,10-12H2,1-3H3. The van der Waals surface area contributed by atoms with Gasteiger partial charge in [-0.3, -0.25) is 0 Å². The van der Waals surface area contributed by atoms with Crippen molar-refractivity contribution in [2.75, 3.05) is 20.3 Å². The Morgan fingerprint density at radius 1 is 1.28 bits per heavy atom. The summed E-state index contributed by atoms with van der Waals surface area (Å²) in [5.41, 5.74) is 2.98.